The molecule has 0 radical (unpaired) electrons. The number of aryl methyl sites for hydroxylation is 2. The summed E-state index contributed by atoms with van der Waals surface area (Å²) in [4.78, 5) is 17.5. The van der Waals surface area contributed by atoms with E-state index in [4.69, 9.17) is 20.6 Å². The van der Waals surface area contributed by atoms with Gasteiger partial charge in [-0.25, -0.2) is 9.37 Å². The number of pyridine rings is 1. The van der Waals surface area contributed by atoms with Crippen molar-refractivity contribution in [1.82, 2.24) is 9.88 Å². The van der Waals surface area contributed by atoms with Crippen molar-refractivity contribution in [1.29, 1.82) is 0 Å². The zero-order valence-electron chi connectivity index (χ0n) is 17.1. The Morgan fingerprint density at radius 1 is 1.41 bits per heavy atom. The molecule has 0 bridgehead atoms. The van der Waals surface area contributed by atoms with Crippen molar-refractivity contribution in [2.24, 2.45) is 5.73 Å². The van der Waals surface area contributed by atoms with Crippen LogP contribution in [0, 0.1) is 0 Å². The van der Waals surface area contributed by atoms with Crippen molar-refractivity contribution in [3.63, 3.8) is 0 Å². The van der Waals surface area contributed by atoms with Crippen LogP contribution in [0.5, 0.6) is 0 Å². The Kier molecular flexibility index (Phi) is 12.1. The van der Waals surface area contributed by atoms with Crippen molar-refractivity contribution in [3.05, 3.63) is 23.4 Å². The summed E-state index contributed by atoms with van der Waals surface area (Å²) in [6, 6.07) is 3.32. The van der Waals surface area contributed by atoms with Crippen molar-refractivity contribution in [3.8, 4) is 0 Å². The molecule has 1 aromatic heterocycles. The second-order valence-corrected chi connectivity index (χ2v) is 7.38. The van der Waals surface area contributed by atoms with Gasteiger partial charge in [-0.05, 0) is 56.7 Å². The van der Waals surface area contributed by atoms with Crippen LogP contribution in [0.4, 0.5) is 10.2 Å². The summed E-state index contributed by atoms with van der Waals surface area (Å²) >= 11 is 0. The number of unbranched alkanes of at least 4 members (excludes halogenated alkanes) is 1. The quantitative estimate of drug-likeness (QED) is 0.411. The van der Waals surface area contributed by atoms with E-state index in [0.717, 1.165) is 50.2 Å². The first-order valence-electron chi connectivity index (χ1n) is 10.1. The molecule has 166 valence electrons. The predicted octanol–water partition coefficient (Wildman–Crippen LogP) is 2.27. The van der Waals surface area contributed by atoms with E-state index in [9.17, 15) is 9.18 Å². The first-order valence-corrected chi connectivity index (χ1v) is 10.1. The molecular formula is C20H34ClFN4O3. The van der Waals surface area contributed by atoms with Crippen LogP contribution in [0.15, 0.2) is 12.1 Å². The lowest BCUT2D eigenvalue weighted by molar-refractivity contribution is -0.138. The van der Waals surface area contributed by atoms with E-state index in [0.29, 0.717) is 19.5 Å². The summed E-state index contributed by atoms with van der Waals surface area (Å²) in [6.45, 7) is 2.38. The number of methoxy groups -OCH3 is 1. The molecule has 2 atom stereocenters. The number of carboxylic acid groups (broad SMARTS) is 1. The molecule has 0 aliphatic carbocycles. The standard InChI is InChI=1S/C20H33FN4O3.ClH/c1-28-14-16(21)13-25(12-9-18(22)20(26)27)11-3-2-6-17-8-7-15-5-4-10-23-19(15)24-17;/h7-8,16,18H,2-6,9-14,22H2,1H3,(H,23,24)(H,26,27);1H/t16-,18-;/m0./s1. The molecule has 9 heteroatoms. The highest BCUT2D eigenvalue weighted by Gasteiger charge is 2.17. The Labute approximate surface area is 178 Å². The number of hydrogen-bond donors (Lipinski definition) is 3. The van der Waals surface area contributed by atoms with Gasteiger partial charge >= 0.3 is 5.97 Å². The summed E-state index contributed by atoms with van der Waals surface area (Å²) in [7, 11) is 1.47. The normalized spacial score (nSPS) is 15.2. The molecule has 2 rings (SSSR count). The fourth-order valence-electron chi connectivity index (χ4n) is 3.40. The van der Waals surface area contributed by atoms with Gasteiger partial charge in [0.15, 0.2) is 0 Å². The fraction of sp³-hybridized carbons (Fsp3) is 0.700. The molecule has 0 saturated heterocycles. The van der Waals surface area contributed by atoms with Gasteiger partial charge in [-0.3, -0.25) is 4.79 Å². The lowest BCUT2D eigenvalue weighted by Crippen LogP contribution is -2.39. The van der Waals surface area contributed by atoms with Gasteiger partial charge in [-0.15, -0.1) is 12.4 Å². The number of halogens is 2. The third-order valence-corrected chi connectivity index (χ3v) is 4.99. The van der Waals surface area contributed by atoms with E-state index in [1.807, 2.05) is 4.90 Å². The van der Waals surface area contributed by atoms with Crippen LogP contribution in [0.2, 0.25) is 0 Å². The van der Waals surface area contributed by atoms with Crippen molar-refractivity contribution < 1.29 is 19.0 Å². The number of aliphatic carboxylic acids is 1. The smallest absolute Gasteiger partial charge is 0.320 e. The zero-order valence-corrected chi connectivity index (χ0v) is 17.9. The first-order chi connectivity index (χ1) is 13.5. The van der Waals surface area contributed by atoms with E-state index in [-0.39, 0.29) is 25.6 Å². The maximum absolute atomic E-state index is 13.9. The van der Waals surface area contributed by atoms with Crippen LogP contribution in [-0.2, 0) is 22.4 Å². The number of ether oxygens (including phenoxy) is 1. The highest BCUT2D eigenvalue weighted by atomic mass is 35.5. The Morgan fingerprint density at radius 3 is 2.93 bits per heavy atom. The van der Waals surface area contributed by atoms with E-state index in [2.05, 4.69) is 17.4 Å². The van der Waals surface area contributed by atoms with Gasteiger partial charge in [0.2, 0.25) is 0 Å². The number of carboxylic acids is 1. The number of alkyl halides is 1. The van der Waals surface area contributed by atoms with Gasteiger partial charge in [0, 0.05) is 32.4 Å². The molecule has 29 heavy (non-hydrogen) atoms. The lowest BCUT2D eigenvalue weighted by Gasteiger charge is -2.24. The van der Waals surface area contributed by atoms with Crippen LogP contribution < -0.4 is 11.1 Å². The molecular weight excluding hydrogens is 399 g/mol. The van der Waals surface area contributed by atoms with E-state index in [1.54, 1.807) is 0 Å². The second-order valence-electron chi connectivity index (χ2n) is 7.38. The summed E-state index contributed by atoms with van der Waals surface area (Å²) in [5, 5.41) is 12.3. The van der Waals surface area contributed by atoms with Gasteiger partial charge < -0.3 is 25.8 Å². The van der Waals surface area contributed by atoms with Gasteiger partial charge in [0.1, 0.15) is 18.0 Å². The number of aromatic nitrogens is 1. The molecule has 4 N–H and O–H groups in total. The number of hydrogen-bond acceptors (Lipinski definition) is 6. The maximum atomic E-state index is 13.9. The summed E-state index contributed by atoms with van der Waals surface area (Å²) in [5.74, 6) is -0.0198. The molecule has 0 unspecified atom stereocenters. The third-order valence-electron chi connectivity index (χ3n) is 4.99. The van der Waals surface area contributed by atoms with E-state index >= 15 is 0 Å². The molecule has 0 saturated carbocycles. The summed E-state index contributed by atoms with van der Waals surface area (Å²) < 4.78 is 18.8. The highest BCUT2D eigenvalue weighted by molar-refractivity contribution is 5.85. The topological polar surface area (TPSA) is 101 Å². The number of anilines is 1. The molecule has 7 nitrogen and oxygen atoms in total. The molecule has 0 amide bonds. The number of nitrogens with two attached hydrogens (primary N) is 1. The average molecular weight is 433 g/mol. The van der Waals surface area contributed by atoms with Crippen molar-refractivity contribution in [2.75, 3.05) is 45.2 Å². The van der Waals surface area contributed by atoms with Crippen LogP contribution in [-0.4, -0.2) is 73.1 Å². The minimum absolute atomic E-state index is 0. The molecule has 2 heterocycles. The van der Waals surface area contributed by atoms with Gasteiger partial charge in [-0.1, -0.05) is 6.07 Å². The first kappa shape index (κ1) is 25.6. The summed E-state index contributed by atoms with van der Waals surface area (Å²) in [6.07, 6.45) is 4.12. The molecule has 0 spiro atoms. The number of rotatable bonds is 13. The van der Waals surface area contributed by atoms with Gasteiger partial charge in [-0.2, -0.15) is 0 Å². The molecule has 0 aromatic carbocycles. The Hall–Kier alpha value is -1.48. The summed E-state index contributed by atoms with van der Waals surface area (Å²) in [5.41, 5.74) is 7.93. The SMILES string of the molecule is COC[C@@H](F)CN(CCCCc1ccc2c(n1)NCCC2)CC[C@H](N)C(=O)O.Cl. The van der Waals surface area contributed by atoms with Crippen LogP contribution in [0.1, 0.15) is 36.9 Å². The number of fused-ring (bicyclic) bond motifs is 1. The fourth-order valence-corrected chi connectivity index (χ4v) is 3.40. The largest absolute Gasteiger partial charge is 0.480 e. The van der Waals surface area contributed by atoms with Gasteiger partial charge in [0.05, 0.1) is 6.61 Å². The Bertz CT molecular complexity index is 623. The predicted molar refractivity (Wildman–Crippen MR) is 115 cm³/mol. The molecule has 1 aliphatic rings. The van der Waals surface area contributed by atoms with E-state index in [1.165, 1.54) is 12.7 Å². The monoisotopic (exact) mass is 432 g/mol. The molecule has 0 fully saturated rings. The Morgan fingerprint density at radius 2 is 2.21 bits per heavy atom. The van der Waals surface area contributed by atoms with Crippen LogP contribution >= 0.6 is 12.4 Å². The minimum atomic E-state index is -1.10. The van der Waals surface area contributed by atoms with Crippen LogP contribution in [0.25, 0.3) is 0 Å². The molecule has 1 aliphatic heterocycles. The number of nitrogens with one attached hydrogen (secondary N) is 1. The maximum Gasteiger partial charge on any atom is 0.320 e. The van der Waals surface area contributed by atoms with E-state index < -0.39 is 18.2 Å². The Balaban J connectivity index is 0.00000420. The van der Waals surface area contributed by atoms with Crippen molar-refractivity contribution >= 4 is 24.2 Å². The van der Waals surface area contributed by atoms with Gasteiger partial charge in [0.25, 0.3) is 0 Å². The van der Waals surface area contributed by atoms with Crippen molar-refractivity contribution in [2.45, 2.75) is 50.7 Å². The minimum Gasteiger partial charge on any atom is -0.480 e. The zero-order chi connectivity index (χ0) is 20.4. The molecule has 1 aromatic rings. The number of carbonyl (C=O) groups is 1. The highest BCUT2D eigenvalue weighted by Crippen LogP contribution is 2.20. The second kappa shape index (κ2) is 13.7. The number of nitrogens with zero attached hydrogens (tertiary/aromatic N) is 2. The van der Waals surface area contributed by atoms with Crippen LogP contribution in [0.3, 0.4) is 0 Å². The third kappa shape index (κ3) is 9.25. The average Bonchev–Trinajstić information content (AvgIpc) is 2.68. The lowest BCUT2D eigenvalue weighted by atomic mass is 10.1.